The normalized spacial score (nSPS) is 22.3. The van der Waals surface area contributed by atoms with Crippen molar-refractivity contribution in [2.75, 3.05) is 13.2 Å². The van der Waals surface area contributed by atoms with Gasteiger partial charge in [0.05, 0.1) is 13.2 Å². The highest BCUT2D eigenvalue weighted by Crippen LogP contribution is 2.22. The third kappa shape index (κ3) is 11.1. The van der Waals surface area contributed by atoms with Crippen molar-refractivity contribution < 1.29 is 29.3 Å². The second kappa shape index (κ2) is 15.6. The summed E-state index contributed by atoms with van der Waals surface area (Å²) in [6, 6.07) is 0. The van der Waals surface area contributed by atoms with Gasteiger partial charge in [0, 0.05) is 0 Å². The molecule has 6 nitrogen and oxygen atoms in total. The SMILES string of the molecule is CC(=CCOC1C(=O)C(=O)OC1C(O)CO)CCCC(C)CCCC(C)CCCC(C)C. The molecule has 5 atom stereocenters. The smallest absolute Gasteiger partial charge is 0.378 e. The molecule has 0 amide bonds. The van der Waals surface area contributed by atoms with Crippen molar-refractivity contribution in [2.45, 2.75) is 111 Å². The van der Waals surface area contributed by atoms with Gasteiger partial charge in [-0.3, -0.25) is 4.79 Å². The van der Waals surface area contributed by atoms with E-state index in [1.165, 1.54) is 50.5 Å². The summed E-state index contributed by atoms with van der Waals surface area (Å²) < 4.78 is 10.3. The van der Waals surface area contributed by atoms with Crippen LogP contribution in [0.1, 0.15) is 92.4 Å². The average molecular weight is 455 g/mol. The molecule has 1 fully saturated rings. The first-order chi connectivity index (χ1) is 15.1. The van der Waals surface area contributed by atoms with Crippen LogP contribution in [0.15, 0.2) is 11.6 Å². The third-order valence-corrected chi connectivity index (χ3v) is 6.42. The fourth-order valence-corrected chi connectivity index (χ4v) is 4.17. The zero-order valence-electron chi connectivity index (χ0n) is 20.8. The first-order valence-electron chi connectivity index (χ1n) is 12.5. The van der Waals surface area contributed by atoms with Crippen LogP contribution in [0.25, 0.3) is 0 Å². The Morgan fingerprint density at radius 2 is 1.56 bits per heavy atom. The maximum absolute atomic E-state index is 11.9. The van der Waals surface area contributed by atoms with E-state index in [0.717, 1.165) is 30.6 Å². The third-order valence-electron chi connectivity index (χ3n) is 6.42. The summed E-state index contributed by atoms with van der Waals surface area (Å²) in [5.74, 6) is 0.535. The minimum atomic E-state index is -1.33. The van der Waals surface area contributed by atoms with E-state index in [1.807, 2.05) is 13.0 Å². The molecule has 1 aliphatic rings. The minimum Gasteiger partial charge on any atom is -0.450 e. The number of carbonyl (C=O) groups is 2. The molecule has 186 valence electrons. The molecule has 5 unspecified atom stereocenters. The highest BCUT2D eigenvalue weighted by Gasteiger charge is 2.47. The Hall–Kier alpha value is -1.24. The van der Waals surface area contributed by atoms with E-state index in [2.05, 4.69) is 27.7 Å². The van der Waals surface area contributed by atoms with Crippen LogP contribution in [0.3, 0.4) is 0 Å². The lowest BCUT2D eigenvalue weighted by Gasteiger charge is -2.20. The number of hydrogen-bond donors (Lipinski definition) is 2. The average Bonchev–Trinajstić information content (AvgIpc) is 3.01. The van der Waals surface area contributed by atoms with Gasteiger partial charge in [-0.05, 0) is 37.5 Å². The van der Waals surface area contributed by atoms with Crippen molar-refractivity contribution in [3.8, 4) is 0 Å². The summed E-state index contributed by atoms with van der Waals surface area (Å²) in [5.41, 5.74) is 1.17. The van der Waals surface area contributed by atoms with Gasteiger partial charge in [-0.25, -0.2) is 4.79 Å². The summed E-state index contributed by atoms with van der Waals surface area (Å²) in [7, 11) is 0. The number of hydrogen-bond acceptors (Lipinski definition) is 6. The molecule has 32 heavy (non-hydrogen) atoms. The molecule has 0 radical (unpaired) electrons. The Bertz CT molecular complexity index is 585. The lowest BCUT2D eigenvalue weighted by Crippen LogP contribution is -2.40. The summed E-state index contributed by atoms with van der Waals surface area (Å²) in [5, 5.41) is 18.8. The van der Waals surface area contributed by atoms with Crippen LogP contribution in [0.2, 0.25) is 0 Å². The Labute approximate surface area is 194 Å². The molecule has 0 aromatic rings. The van der Waals surface area contributed by atoms with E-state index >= 15 is 0 Å². The molecule has 1 rings (SSSR count). The molecule has 0 aromatic heterocycles. The van der Waals surface area contributed by atoms with Gasteiger partial charge < -0.3 is 19.7 Å². The van der Waals surface area contributed by atoms with Crippen molar-refractivity contribution in [1.82, 2.24) is 0 Å². The van der Waals surface area contributed by atoms with Gasteiger partial charge in [0.1, 0.15) is 6.10 Å². The van der Waals surface area contributed by atoms with Gasteiger partial charge in [-0.15, -0.1) is 0 Å². The van der Waals surface area contributed by atoms with E-state index in [9.17, 15) is 14.7 Å². The maximum Gasteiger partial charge on any atom is 0.378 e. The van der Waals surface area contributed by atoms with E-state index in [4.69, 9.17) is 14.6 Å². The number of esters is 1. The summed E-state index contributed by atoms with van der Waals surface area (Å²) in [6.45, 7) is 10.9. The van der Waals surface area contributed by atoms with Gasteiger partial charge in [0.15, 0.2) is 12.2 Å². The van der Waals surface area contributed by atoms with Gasteiger partial charge in [0.2, 0.25) is 0 Å². The molecular weight excluding hydrogens is 408 g/mol. The van der Waals surface area contributed by atoms with Gasteiger partial charge in [-0.1, -0.05) is 84.3 Å². The lowest BCUT2D eigenvalue weighted by atomic mass is 9.91. The molecule has 6 heteroatoms. The second-order valence-electron chi connectivity index (χ2n) is 10.1. The predicted molar refractivity (Wildman–Crippen MR) is 126 cm³/mol. The molecule has 0 aromatic carbocycles. The van der Waals surface area contributed by atoms with E-state index in [-0.39, 0.29) is 6.61 Å². The van der Waals surface area contributed by atoms with Crippen molar-refractivity contribution >= 4 is 11.8 Å². The van der Waals surface area contributed by atoms with Crippen molar-refractivity contribution in [3.63, 3.8) is 0 Å². The highest BCUT2D eigenvalue weighted by atomic mass is 16.6. The minimum absolute atomic E-state index is 0.164. The number of aliphatic hydroxyl groups excluding tert-OH is 2. The lowest BCUT2D eigenvalue weighted by molar-refractivity contribution is -0.152. The highest BCUT2D eigenvalue weighted by molar-refractivity contribution is 6.37. The van der Waals surface area contributed by atoms with Gasteiger partial charge >= 0.3 is 5.97 Å². The number of rotatable bonds is 17. The molecule has 1 aliphatic heterocycles. The topological polar surface area (TPSA) is 93.1 Å². The first kappa shape index (κ1) is 28.8. The summed E-state index contributed by atoms with van der Waals surface area (Å²) in [6.07, 6.45) is 9.51. The number of cyclic esters (lactones) is 1. The number of ether oxygens (including phenoxy) is 2. The number of aliphatic hydroxyl groups is 2. The van der Waals surface area contributed by atoms with E-state index in [0.29, 0.717) is 0 Å². The fourth-order valence-electron chi connectivity index (χ4n) is 4.17. The zero-order valence-corrected chi connectivity index (χ0v) is 20.8. The Kier molecular flexibility index (Phi) is 14.0. The Balaban J connectivity index is 2.20. The van der Waals surface area contributed by atoms with Crippen molar-refractivity contribution in [1.29, 1.82) is 0 Å². The molecule has 0 spiro atoms. The van der Waals surface area contributed by atoms with Crippen LogP contribution in [-0.2, 0) is 19.1 Å². The Morgan fingerprint density at radius 1 is 1.00 bits per heavy atom. The van der Waals surface area contributed by atoms with E-state index < -0.39 is 36.7 Å². The number of ketones is 1. The van der Waals surface area contributed by atoms with Crippen LogP contribution in [0.5, 0.6) is 0 Å². The first-order valence-corrected chi connectivity index (χ1v) is 12.5. The molecule has 1 saturated heterocycles. The van der Waals surface area contributed by atoms with Crippen LogP contribution < -0.4 is 0 Å². The largest absolute Gasteiger partial charge is 0.450 e. The molecule has 1 heterocycles. The number of allylic oxidation sites excluding steroid dienone is 1. The summed E-state index contributed by atoms with van der Waals surface area (Å²) in [4.78, 5) is 23.3. The van der Waals surface area contributed by atoms with Gasteiger partial charge in [-0.2, -0.15) is 0 Å². The maximum atomic E-state index is 11.9. The van der Waals surface area contributed by atoms with E-state index in [1.54, 1.807) is 0 Å². The molecule has 0 bridgehead atoms. The quantitative estimate of drug-likeness (QED) is 0.189. The monoisotopic (exact) mass is 454 g/mol. The van der Waals surface area contributed by atoms with Crippen molar-refractivity contribution in [2.24, 2.45) is 17.8 Å². The molecule has 0 aliphatic carbocycles. The Morgan fingerprint density at radius 3 is 2.12 bits per heavy atom. The fraction of sp³-hybridized carbons (Fsp3) is 0.846. The molecular formula is C26H46O6. The predicted octanol–water partition coefficient (Wildman–Crippen LogP) is 4.60. The van der Waals surface area contributed by atoms with Crippen LogP contribution in [0.4, 0.5) is 0 Å². The molecule has 2 N–H and O–H groups in total. The second-order valence-corrected chi connectivity index (χ2v) is 10.1. The standard InChI is InChI=1S/C26H46O6/c1-18(2)9-6-10-19(3)11-7-12-20(4)13-8-14-21(5)15-16-31-25-23(29)26(30)32-24(25)22(28)17-27/h15,18-20,22,24-25,27-28H,6-14,16-17H2,1-5H3. The summed E-state index contributed by atoms with van der Waals surface area (Å²) >= 11 is 0. The van der Waals surface area contributed by atoms with Crippen LogP contribution >= 0.6 is 0 Å². The van der Waals surface area contributed by atoms with Crippen molar-refractivity contribution in [3.05, 3.63) is 11.6 Å². The van der Waals surface area contributed by atoms with Gasteiger partial charge in [0.25, 0.3) is 5.78 Å². The number of carbonyl (C=O) groups excluding carboxylic acids is 2. The molecule has 0 saturated carbocycles. The zero-order chi connectivity index (χ0) is 24.1. The number of Topliss-reactive ketones (excluding diaryl/α,β-unsaturated/α-hetero) is 1. The van der Waals surface area contributed by atoms with Crippen LogP contribution in [-0.4, -0.2) is 53.5 Å². The van der Waals surface area contributed by atoms with Crippen LogP contribution in [0, 0.1) is 17.8 Å².